The summed E-state index contributed by atoms with van der Waals surface area (Å²) >= 11 is 11.6. The summed E-state index contributed by atoms with van der Waals surface area (Å²) in [5, 5.41) is 12.7. The molecule has 0 spiro atoms. The molecule has 0 atom stereocenters. The zero-order valence-corrected chi connectivity index (χ0v) is 17.8. The van der Waals surface area contributed by atoms with Gasteiger partial charge in [-0.1, -0.05) is 23.2 Å². The molecule has 1 aliphatic rings. The summed E-state index contributed by atoms with van der Waals surface area (Å²) in [5.41, 5.74) is -0.370. The molecule has 2 heterocycles. The molecule has 12 heteroatoms. The highest BCUT2D eigenvalue weighted by atomic mass is 35.5. The highest BCUT2D eigenvalue weighted by Crippen LogP contribution is 2.26. The van der Waals surface area contributed by atoms with Crippen LogP contribution >= 0.6 is 23.2 Å². The van der Waals surface area contributed by atoms with Gasteiger partial charge in [0.2, 0.25) is 10.0 Å². The molecule has 0 radical (unpaired) electrons. The molecular weight excluding hydrogens is 457 g/mol. The van der Waals surface area contributed by atoms with Gasteiger partial charge in [-0.15, -0.1) is 0 Å². The zero-order chi connectivity index (χ0) is 21.9. The van der Waals surface area contributed by atoms with E-state index in [0.29, 0.717) is 13.1 Å². The Morgan fingerprint density at radius 1 is 1.20 bits per heavy atom. The number of hydrogen-bond donors (Lipinski definition) is 2. The minimum absolute atomic E-state index is 0.0312. The standard InChI is InChI=1S/C18H17Cl2N3O6S/c19-11-7-14(20)17(21-9-11)22-16(25)10-29-18(26)13-8-12(3-4-15(13)24)30(27,28)23-5-1-2-6-23/h3-4,7-9,24H,1-2,5-6,10H2,(H,21,22,25). The van der Waals surface area contributed by atoms with Gasteiger partial charge in [-0.25, -0.2) is 18.2 Å². The molecule has 9 nitrogen and oxygen atoms in total. The Morgan fingerprint density at radius 3 is 2.57 bits per heavy atom. The van der Waals surface area contributed by atoms with Crippen molar-refractivity contribution >= 4 is 50.9 Å². The summed E-state index contributed by atoms with van der Waals surface area (Å²) in [6, 6.07) is 4.71. The maximum atomic E-state index is 12.6. The second-order valence-electron chi connectivity index (χ2n) is 6.40. The lowest BCUT2D eigenvalue weighted by Gasteiger charge is -2.16. The first-order valence-electron chi connectivity index (χ1n) is 8.79. The van der Waals surface area contributed by atoms with Crippen LogP contribution < -0.4 is 5.32 Å². The first kappa shape index (κ1) is 22.3. The summed E-state index contributed by atoms with van der Waals surface area (Å²) in [7, 11) is -3.79. The number of hydrogen-bond acceptors (Lipinski definition) is 7. The van der Waals surface area contributed by atoms with Crippen molar-refractivity contribution in [2.24, 2.45) is 0 Å². The zero-order valence-electron chi connectivity index (χ0n) is 15.5. The van der Waals surface area contributed by atoms with E-state index < -0.39 is 34.3 Å². The van der Waals surface area contributed by atoms with Crippen LogP contribution in [0.4, 0.5) is 5.82 Å². The number of sulfonamides is 1. The summed E-state index contributed by atoms with van der Waals surface area (Å²) in [5.74, 6) is -2.23. The number of halogens is 2. The van der Waals surface area contributed by atoms with Crippen molar-refractivity contribution in [1.82, 2.24) is 9.29 Å². The van der Waals surface area contributed by atoms with Crippen molar-refractivity contribution in [3.8, 4) is 5.75 Å². The highest BCUT2D eigenvalue weighted by Gasteiger charge is 2.28. The van der Waals surface area contributed by atoms with Crippen molar-refractivity contribution in [2.45, 2.75) is 17.7 Å². The van der Waals surface area contributed by atoms with E-state index in [9.17, 15) is 23.1 Å². The number of carbonyl (C=O) groups is 2. The third-order valence-corrected chi connectivity index (χ3v) is 6.68. The number of benzene rings is 1. The smallest absolute Gasteiger partial charge is 0.342 e. The summed E-state index contributed by atoms with van der Waals surface area (Å²) in [6.07, 6.45) is 2.79. The summed E-state index contributed by atoms with van der Waals surface area (Å²) in [6.45, 7) is 0.0803. The molecule has 160 valence electrons. The van der Waals surface area contributed by atoms with Gasteiger partial charge in [0.05, 0.1) is 14.9 Å². The number of anilines is 1. The Kier molecular flexibility index (Phi) is 6.81. The van der Waals surface area contributed by atoms with Crippen LogP contribution in [-0.2, 0) is 19.6 Å². The topological polar surface area (TPSA) is 126 Å². The van der Waals surface area contributed by atoms with E-state index in [4.69, 9.17) is 27.9 Å². The van der Waals surface area contributed by atoms with E-state index in [2.05, 4.69) is 10.3 Å². The van der Waals surface area contributed by atoms with E-state index in [0.717, 1.165) is 25.0 Å². The minimum atomic E-state index is -3.79. The number of aromatic nitrogens is 1. The van der Waals surface area contributed by atoms with Gasteiger partial charge < -0.3 is 15.2 Å². The molecule has 2 N–H and O–H groups in total. The van der Waals surface area contributed by atoms with Crippen LogP contribution in [0.3, 0.4) is 0 Å². The molecule has 0 aliphatic carbocycles. The molecule has 30 heavy (non-hydrogen) atoms. The van der Waals surface area contributed by atoms with E-state index in [1.807, 2.05) is 0 Å². The molecule has 0 unspecified atom stereocenters. The van der Waals surface area contributed by atoms with E-state index >= 15 is 0 Å². The number of aromatic hydroxyl groups is 1. The molecule has 1 fully saturated rings. The van der Waals surface area contributed by atoms with E-state index in [1.165, 1.54) is 22.6 Å². The van der Waals surface area contributed by atoms with Crippen molar-refractivity contribution in [3.05, 3.63) is 46.1 Å². The number of rotatable bonds is 6. The maximum absolute atomic E-state index is 12.6. The predicted molar refractivity (Wildman–Crippen MR) is 109 cm³/mol. The van der Waals surface area contributed by atoms with Crippen LogP contribution in [0.25, 0.3) is 0 Å². The number of esters is 1. The van der Waals surface area contributed by atoms with E-state index in [1.54, 1.807) is 0 Å². The van der Waals surface area contributed by atoms with Gasteiger partial charge >= 0.3 is 5.97 Å². The molecule has 1 saturated heterocycles. The Balaban J connectivity index is 1.68. The SMILES string of the molecule is O=C(COC(=O)c1cc(S(=O)(=O)N2CCCC2)ccc1O)Nc1ncc(Cl)cc1Cl. The number of amides is 1. The Labute approximate surface area is 182 Å². The van der Waals surface area contributed by atoms with Crippen LogP contribution in [0.5, 0.6) is 5.75 Å². The molecule has 1 aromatic carbocycles. The average molecular weight is 474 g/mol. The fourth-order valence-corrected chi connectivity index (χ4v) is 4.77. The van der Waals surface area contributed by atoms with Crippen LogP contribution in [-0.4, -0.2) is 54.4 Å². The number of ether oxygens (including phenoxy) is 1. The molecule has 0 bridgehead atoms. The summed E-state index contributed by atoms with van der Waals surface area (Å²) < 4.78 is 31.5. The lowest BCUT2D eigenvalue weighted by Crippen LogP contribution is -2.28. The Morgan fingerprint density at radius 2 is 1.90 bits per heavy atom. The highest BCUT2D eigenvalue weighted by molar-refractivity contribution is 7.89. The van der Waals surface area contributed by atoms with Crippen LogP contribution in [0.1, 0.15) is 23.2 Å². The van der Waals surface area contributed by atoms with Gasteiger partial charge in [0, 0.05) is 19.3 Å². The first-order valence-corrected chi connectivity index (χ1v) is 11.0. The van der Waals surface area contributed by atoms with Gasteiger partial charge in [0.25, 0.3) is 5.91 Å². The van der Waals surface area contributed by atoms with Crippen molar-refractivity contribution in [1.29, 1.82) is 0 Å². The number of phenols is 1. The van der Waals surface area contributed by atoms with Crippen LogP contribution in [0.2, 0.25) is 10.0 Å². The number of phenolic OH excluding ortho intramolecular Hbond substituents is 1. The lowest BCUT2D eigenvalue weighted by atomic mass is 10.2. The third kappa shape index (κ3) is 5.01. The molecule has 2 aromatic rings. The van der Waals surface area contributed by atoms with Crippen LogP contribution in [0, 0.1) is 0 Å². The minimum Gasteiger partial charge on any atom is -0.507 e. The maximum Gasteiger partial charge on any atom is 0.342 e. The third-order valence-electron chi connectivity index (χ3n) is 4.29. The number of pyridine rings is 1. The quantitative estimate of drug-likeness (QED) is 0.617. The van der Waals surface area contributed by atoms with Gasteiger partial charge in [-0.2, -0.15) is 4.31 Å². The molecule has 1 amide bonds. The van der Waals surface area contributed by atoms with Gasteiger partial charge in [0.1, 0.15) is 11.3 Å². The van der Waals surface area contributed by atoms with Crippen molar-refractivity contribution in [3.63, 3.8) is 0 Å². The average Bonchev–Trinajstić information content (AvgIpc) is 3.24. The Bertz CT molecular complexity index is 1090. The van der Waals surface area contributed by atoms with Crippen molar-refractivity contribution < 1.29 is 27.9 Å². The second-order valence-corrected chi connectivity index (χ2v) is 9.18. The largest absolute Gasteiger partial charge is 0.507 e. The predicted octanol–water partition coefficient (Wildman–Crippen LogP) is 2.67. The second kappa shape index (κ2) is 9.17. The number of nitrogens with one attached hydrogen (secondary N) is 1. The van der Waals surface area contributed by atoms with Gasteiger partial charge in [0.15, 0.2) is 12.4 Å². The normalized spacial score (nSPS) is 14.5. The fourth-order valence-electron chi connectivity index (χ4n) is 2.80. The lowest BCUT2D eigenvalue weighted by molar-refractivity contribution is -0.119. The van der Waals surface area contributed by atoms with Crippen molar-refractivity contribution in [2.75, 3.05) is 25.0 Å². The van der Waals surface area contributed by atoms with Gasteiger partial charge in [-0.3, -0.25) is 4.79 Å². The molecule has 1 aliphatic heterocycles. The Hall–Kier alpha value is -2.40. The molecule has 0 saturated carbocycles. The molecular formula is C18H17Cl2N3O6S. The molecule has 1 aromatic heterocycles. The van der Waals surface area contributed by atoms with Crippen LogP contribution in [0.15, 0.2) is 35.4 Å². The fraction of sp³-hybridized carbons (Fsp3) is 0.278. The summed E-state index contributed by atoms with van der Waals surface area (Å²) in [4.78, 5) is 28.0. The number of nitrogens with zero attached hydrogens (tertiary/aromatic N) is 2. The van der Waals surface area contributed by atoms with Gasteiger partial charge in [-0.05, 0) is 37.1 Å². The molecule has 3 rings (SSSR count). The number of carbonyl (C=O) groups excluding carboxylic acids is 2. The van der Waals surface area contributed by atoms with E-state index in [-0.39, 0.29) is 26.3 Å². The monoisotopic (exact) mass is 473 g/mol. The first-order chi connectivity index (χ1) is 14.2.